The third kappa shape index (κ3) is 5.16. The molecule has 1 aromatic heterocycles. The van der Waals surface area contributed by atoms with Crippen LogP contribution in [0.2, 0.25) is 0 Å². The number of piperazine rings is 1. The molecule has 6 nitrogen and oxygen atoms in total. The van der Waals surface area contributed by atoms with E-state index in [9.17, 15) is 4.39 Å². The topological polar surface area (TPSA) is 38.7 Å². The average molecular weight is 475 g/mol. The second-order valence-electron chi connectivity index (χ2n) is 9.98. The van der Waals surface area contributed by atoms with Gasteiger partial charge in [-0.3, -0.25) is 4.90 Å². The molecule has 0 amide bonds. The van der Waals surface area contributed by atoms with Crippen molar-refractivity contribution in [1.82, 2.24) is 19.8 Å². The summed E-state index contributed by atoms with van der Waals surface area (Å²) in [6.45, 7) is 8.29. The molecule has 35 heavy (non-hydrogen) atoms. The van der Waals surface area contributed by atoms with E-state index in [1.807, 2.05) is 19.1 Å². The van der Waals surface area contributed by atoms with Crippen molar-refractivity contribution in [3.8, 4) is 0 Å². The number of halogens is 1. The fourth-order valence-electron chi connectivity index (χ4n) is 5.49. The van der Waals surface area contributed by atoms with Crippen LogP contribution in [0, 0.1) is 12.7 Å². The number of rotatable bonds is 6. The molecule has 184 valence electrons. The van der Waals surface area contributed by atoms with Gasteiger partial charge in [-0.2, -0.15) is 0 Å². The van der Waals surface area contributed by atoms with Gasteiger partial charge in [0.2, 0.25) is 5.95 Å². The number of hydrogen-bond acceptors (Lipinski definition) is 6. The van der Waals surface area contributed by atoms with Crippen LogP contribution in [0.25, 0.3) is 0 Å². The maximum Gasteiger partial charge on any atom is 0.225 e. The molecule has 0 spiro atoms. The molecule has 0 N–H and O–H groups in total. The maximum atomic E-state index is 14.5. The summed E-state index contributed by atoms with van der Waals surface area (Å²) in [4.78, 5) is 18.2. The first-order chi connectivity index (χ1) is 17.0. The molecule has 5 rings (SSSR count). The van der Waals surface area contributed by atoms with Crippen molar-refractivity contribution in [2.24, 2.45) is 0 Å². The predicted octanol–water partition coefficient (Wildman–Crippen LogP) is 3.78. The van der Waals surface area contributed by atoms with Gasteiger partial charge in [0.1, 0.15) is 5.82 Å². The van der Waals surface area contributed by atoms with Crippen LogP contribution in [0.1, 0.15) is 22.6 Å². The zero-order chi connectivity index (χ0) is 24.4. The molecule has 2 atom stereocenters. The van der Waals surface area contributed by atoms with Gasteiger partial charge < -0.3 is 14.7 Å². The highest BCUT2D eigenvalue weighted by atomic mass is 19.1. The summed E-state index contributed by atoms with van der Waals surface area (Å²) in [6, 6.07) is 16.7. The number of anilines is 2. The minimum absolute atomic E-state index is 0.0990. The van der Waals surface area contributed by atoms with Gasteiger partial charge in [0.15, 0.2) is 0 Å². The summed E-state index contributed by atoms with van der Waals surface area (Å²) >= 11 is 0. The van der Waals surface area contributed by atoms with Crippen LogP contribution in [0.5, 0.6) is 0 Å². The molecule has 7 heteroatoms. The molecule has 2 saturated heterocycles. The zero-order valence-corrected chi connectivity index (χ0v) is 20.9. The van der Waals surface area contributed by atoms with Gasteiger partial charge in [-0.25, -0.2) is 14.4 Å². The molecule has 2 aliphatic heterocycles. The van der Waals surface area contributed by atoms with E-state index >= 15 is 0 Å². The van der Waals surface area contributed by atoms with Gasteiger partial charge >= 0.3 is 0 Å². The fraction of sp³-hybridized carbons (Fsp3) is 0.429. The van der Waals surface area contributed by atoms with Crippen LogP contribution in [0.15, 0.2) is 60.9 Å². The lowest BCUT2D eigenvalue weighted by Crippen LogP contribution is -2.47. The van der Waals surface area contributed by atoms with Gasteiger partial charge in [0, 0.05) is 81.4 Å². The molecule has 0 unspecified atom stereocenters. The molecule has 3 aromatic rings. The van der Waals surface area contributed by atoms with Crippen LogP contribution in [0.4, 0.5) is 16.0 Å². The first-order valence-corrected chi connectivity index (χ1v) is 12.5. The molecule has 0 saturated carbocycles. The molecule has 0 bridgehead atoms. The van der Waals surface area contributed by atoms with Crippen LogP contribution < -0.4 is 9.80 Å². The Morgan fingerprint density at radius 1 is 0.886 bits per heavy atom. The Hall–Kier alpha value is -3.03. The second kappa shape index (κ2) is 10.3. The zero-order valence-electron chi connectivity index (χ0n) is 20.9. The van der Waals surface area contributed by atoms with E-state index in [1.165, 1.54) is 11.3 Å². The minimum atomic E-state index is -0.0990. The van der Waals surface area contributed by atoms with Gasteiger partial charge in [-0.15, -0.1) is 0 Å². The van der Waals surface area contributed by atoms with Crippen molar-refractivity contribution < 1.29 is 4.39 Å². The summed E-state index contributed by atoms with van der Waals surface area (Å²) in [7, 11) is 4.31. The quantitative estimate of drug-likeness (QED) is 0.542. The van der Waals surface area contributed by atoms with E-state index < -0.39 is 0 Å². The van der Waals surface area contributed by atoms with E-state index in [2.05, 4.69) is 67.9 Å². The van der Waals surface area contributed by atoms with E-state index in [1.54, 1.807) is 24.5 Å². The Morgan fingerprint density at radius 2 is 1.57 bits per heavy atom. The minimum Gasteiger partial charge on any atom is -0.368 e. The monoisotopic (exact) mass is 474 g/mol. The normalized spacial score (nSPS) is 21.2. The molecular weight excluding hydrogens is 439 g/mol. The van der Waals surface area contributed by atoms with E-state index in [-0.39, 0.29) is 5.82 Å². The standard InChI is InChI=1S/C28H35FN6/c1-21-6-4-7-26(29)24(21)18-33-19-25(27(20-33)32(2)3)22-8-10-23(11-9-22)34-14-16-35(17-15-34)28-30-12-5-13-31-28/h4-13,25,27H,14-20H2,1-3H3/t25-,27+/m1/s1. The third-order valence-corrected chi connectivity index (χ3v) is 7.56. The Kier molecular flexibility index (Phi) is 6.97. The van der Waals surface area contributed by atoms with Crippen LogP contribution in [0.3, 0.4) is 0 Å². The summed E-state index contributed by atoms with van der Waals surface area (Å²) in [5.41, 5.74) is 4.47. The lowest BCUT2D eigenvalue weighted by molar-refractivity contribution is 0.258. The Labute approximate surface area is 208 Å². The van der Waals surface area contributed by atoms with Crippen molar-refractivity contribution in [2.75, 3.05) is 63.2 Å². The SMILES string of the molecule is Cc1cccc(F)c1CN1C[C@H](c2ccc(N3CCN(c4ncccn4)CC3)cc2)[C@@H](N(C)C)C1. The van der Waals surface area contributed by atoms with E-state index in [0.717, 1.165) is 56.3 Å². The molecule has 2 fully saturated rings. The van der Waals surface area contributed by atoms with Crippen molar-refractivity contribution in [1.29, 1.82) is 0 Å². The summed E-state index contributed by atoms with van der Waals surface area (Å²) in [5.74, 6) is 1.12. The number of nitrogens with zero attached hydrogens (tertiary/aromatic N) is 6. The Balaban J connectivity index is 1.25. The lowest BCUT2D eigenvalue weighted by atomic mass is 9.93. The lowest BCUT2D eigenvalue weighted by Gasteiger charge is -2.36. The Bertz CT molecular complexity index is 1090. The van der Waals surface area contributed by atoms with Gasteiger partial charge in [-0.1, -0.05) is 24.3 Å². The first kappa shape index (κ1) is 23.7. The van der Waals surface area contributed by atoms with Crippen molar-refractivity contribution >= 4 is 11.6 Å². The van der Waals surface area contributed by atoms with Gasteiger partial charge in [0.05, 0.1) is 0 Å². The van der Waals surface area contributed by atoms with Gasteiger partial charge in [0.25, 0.3) is 0 Å². The summed E-state index contributed by atoms with van der Waals surface area (Å²) in [5, 5.41) is 0. The highest BCUT2D eigenvalue weighted by Gasteiger charge is 2.35. The third-order valence-electron chi connectivity index (χ3n) is 7.56. The average Bonchev–Trinajstić information content (AvgIpc) is 3.32. The predicted molar refractivity (Wildman–Crippen MR) is 140 cm³/mol. The molecule has 3 heterocycles. The van der Waals surface area contributed by atoms with Gasteiger partial charge in [-0.05, 0) is 56.4 Å². The number of hydrogen-bond donors (Lipinski definition) is 0. The molecule has 0 radical (unpaired) electrons. The molecule has 0 aliphatic carbocycles. The first-order valence-electron chi connectivity index (χ1n) is 12.5. The fourth-order valence-corrected chi connectivity index (χ4v) is 5.49. The second-order valence-corrected chi connectivity index (χ2v) is 9.98. The van der Waals surface area contributed by atoms with Crippen molar-refractivity contribution in [3.05, 3.63) is 83.4 Å². The highest BCUT2D eigenvalue weighted by Crippen LogP contribution is 2.33. The number of aryl methyl sites for hydroxylation is 1. The van der Waals surface area contributed by atoms with Crippen LogP contribution >= 0.6 is 0 Å². The van der Waals surface area contributed by atoms with E-state index in [0.29, 0.717) is 18.5 Å². The number of likely N-dealkylation sites (tertiary alicyclic amines) is 1. The smallest absolute Gasteiger partial charge is 0.225 e. The summed E-state index contributed by atoms with van der Waals surface area (Å²) < 4.78 is 14.5. The van der Waals surface area contributed by atoms with Crippen molar-refractivity contribution in [3.63, 3.8) is 0 Å². The largest absolute Gasteiger partial charge is 0.368 e. The molecule has 2 aromatic carbocycles. The van der Waals surface area contributed by atoms with E-state index in [4.69, 9.17) is 0 Å². The molecule has 2 aliphatic rings. The number of aromatic nitrogens is 2. The highest BCUT2D eigenvalue weighted by molar-refractivity contribution is 5.50. The Morgan fingerprint density at radius 3 is 2.23 bits per heavy atom. The van der Waals surface area contributed by atoms with Crippen molar-refractivity contribution in [2.45, 2.75) is 25.4 Å². The number of benzene rings is 2. The number of likely N-dealkylation sites (N-methyl/N-ethyl adjacent to an activating group) is 1. The maximum absolute atomic E-state index is 14.5. The molecular formula is C28H35FN6. The van der Waals surface area contributed by atoms with Crippen LogP contribution in [-0.4, -0.2) is 79.2 Å². The van der Waals surface area contributed by atoms with Crippen LogP contribution in [-0.2, 0) is 6.54 Å². The summed E-state index contributed by atoms with van der Waals surface area (Å²) in [6.07, 6.45) is 3.60.